The fourth-order valence-corrected chi connectivity index (χ4v) is 1.62. The number of aryl methyl sites for hydroxylation is 2. The van der Waals surface area contributed by atoms with Crippen LogP contribution in [0.25, 0.3) is 0 Å². The number of anilines is 1. The van der Waals surface area contributed by atoms with Crippen LogP contribution >= 0.6 is 0 Å². The minimum Gasteiger partial charge on any atom is -0.506 e. The lowest BCUT2D eigenvalue weighted by atomic mass is 10.0. The van der Waals surface area contributed by atoms with Gasteiger partial charge in [-0.3, -0.25) is 0 Å². The molecule has 0 radical (unpaired) electrons. The highest BCUT2D eigenvalue weighted by Gasteiger charge is 2.03. The first-order chi connectivity index (χ1) is 7.27. The van der Waals surface area contributed by atoms with Crippen LogP contribution in [0.1, 0.15) is 11.1 Å². The third-order valence-corrected chi connectivity index (χ3v) is 2.53. The Morgan fingerprint density at radius 2 is 1.80 bits per heavy atom. The van der Waals surface area contributed by atoms with Gasteiger partial charge in [0.15, 0.2) is 0 Å². The maximum Gasteiger partial charge on any atom is 0.136 e. The number of benzene rings is 1. The Morgan fingerprint density at radius 3 is 2.47 bits per heavy atom. The van der Waals surface area contributed by atoms with Gasteiger partial charge in [-0.05, 0) is 24.5 Å². The van der Waals surface area contributed by atoms with Crippen LogP contribution in [0.4, 0.5) is 5.69 Å². The van der Waals surface area contributed by atoms with E-state index in [1.807, 2.05) is 30.5 Å². The molecule has 0 bridgehead atoms. The number of H-pyrrole nitrogens is 1. The van der Waals surface area contributed by atoms with Crippen LogP contribution in [-0.4, -0.2) is 10.1 Å². The second-order valence-electron chi connectivity index (χ2n) is 3.56. The summed E-state index contributed by atoms with van der Waals surface area (Å²) in [5.74, 6) is 0.324. The van der Waals surface area contributed by atoms with Gasteiger partial charge in [-0.25, -0.2) is 0 Å². The maximum absolute atomic E-state index is 9.44. The number of nitrogens with one attached hydrogen (secondary N) is 1. The van der Waals surface area contributed by atoms with Crippen molar-refractivity contribution in [1.82, 2.24) is 4.98 Å². The van der Waals surface area contributed by atoms with Crippen LogP contribution in [0, 0.1) is 0 Å². The van der Waals surface area contributed by atoms with Crippen molar-refractivity contribution in [1.29, 1.82) is 0 Å². The molecule has 0 fully saturated rings. The van der Waals surface area contributed by atoms with Gasteiger partial charge in [0, 0.05) is 23.6 Å². The van der Waals surface area contributed by atoms with Gasteiger partial charge in [-0.15, -0.1) is 0 Å². The third kappa shape index (κ3) is 2.13. The summed E-state index contributed by atoms with van der Waals surface area (Å²) < 4.78 is 0. The Morgan fingerprint density at radius 1 is 1.07 bits per heavy atom. The molecule has 1 heterocycles. The van der Waals surface area contributed by atoms with Crippen molar-refractivity contribution in [2.75, 3.05) is 5.73 Å². The molecule has 2 aromatic rings. The zero-order valence-electron chi connectivity index (χ0n) is 8.40. The number of aromatic amines is 1. The quantitative estimate of drug-likeness (QED) is 0.667. The highest BCUT2D eigenvalue weighted by molar-refractivity contribution is 5.46. The Labute approximate surface area is 88.6 Å². The van der Waals surface area contributed by atoms with Gasteiger partial charge in [0.25, 0.3) is 0 Å². The smallest absolute Gasteiger partial charge is 0.136 e. The monoisotopic (exact) mass is 202 g/mol. The molecule has 2 rings (SSSR count). The van der Waals surface area contributed by atoms with Crippen molar-refractivity contribution in [3.63, 3.8) is 0 Å². The molecule has 3 nitrogen and oxygen atoms in total. The second kappa shape index (κ2) is 4.09. The van der Waals surface area contributed by atoms with E-state index >= 15 is 0 Å². The average Bonchev–Trinajstić information content (AvgIpc) is 2.63. The minimum absolute atomic E-state index is 0.324. The fourth-order valence-electron chi connectivity index (χ4n) is 1.62. The van der Waals surface area contributed by atoms with Gasteiger partial charge >= 0.3 is 0 Å². The first-order valence-electron chi connectivity index (χ1n) is 4.95. The van der Waals surface area contributed by atoms with Crippen LogP contribution in [0.5, 0.6) is 5.75 Å². The van der Waals surface area contributed by atoms with E-state index in [0.29, 0.717) is 5.75 Å². The summed E-state index contributed by atoms with van der Waals surface area (Å²) in [4.78, 5) is 2.87. The Kier molecular flexibility index (Phi) is 2.63. The largest absolute Gasteiger partial charge is 0.506 e. The van der Waals surface area contributed by atoms with Crippen molar-refractivity contribution in [2.24, 2.45) is 0 Å². The topological polar surface area (TPSA) is 62.0 Å². The van der Waals surface area contributed by atoms with Gasteiger partial charge in [-0.1, -0.05) is 18.2 Å². The number of hydrogen-bond acceptors (Lipinski definition) is 2. The number of para-hydroxylation sites is 1. The SMILES string of the molecule is Nc1ccccc1CCc1c[nH]cc1O. The van der Waals surface area contributed by atoms with E-state index in [4.69, 9.17) is 5.73 Å². The standard InChI is InChI=1S/C12H14N2O/c13-11-4-2-1-3-9(11)5-6-10-7-14-8-12(10)15/h1-4,7-8,14-15H,5-6,13H2. The molecule has 0 aliphatic heterocycles. The lowest BCUT2D eigenvalue weighted by molar-refractivity contribution is 0.469. The average molecular weight is 202 g/mol. The summed E-state index contributed by atoms with van der Waals surface area (Å²) in [6, 6.07) is 7.81. The molecule has 1 aromatic carbocycles. The van der Waals surface area contributed by atoms with Crippen LogP contribution in [0.3, 0.4) is 0 Å². The molecule has 0 unspecified atom stereocenters. The maximum atomic E-state index is 9.44. The Balaban J connectivity index is 2.06. The molecule has 0 aliphatic carbocycles. The summed E-state index contributed by atoms with van der Waals surface area (Å²) in [6.45, 7) is 0. The molecule has 0 spiro atoms. The second-order valence-corrected chi connectivity index (χ2v) is 3.56. The van der Waals surface area contributed by atoms with Crippen LogP contribution in [0.15, 0.2) is 36.7 Å². The van der Waals surface area contributed by atoms with Crippen molar-refractivity contribution >= 4 is 5.69 Å². The number of hydrogen-bond donors (Lipinski definition) is 3. The molecule has 3 heteroatoms. The molecule has 1 aromatic heterocycles. The zero-order valence-corrected chi connectivity index (χ0v) is 8.40. The molecule has 4 N–H and O–H groups in total. The number of aromatic hydroxyl groups is 1. The van der Waals surface area contributed by atoms with Gasteiger partial charge in [0.05, 0.1) is 0 Å². The van der Waals surface area contributed by atoms with Crippen LogP contribution < -0.4 is 5.73 Å². The first kappa shape index (κ1) is 9.65. The third-order valence-electron chi connectivity index (χ3n) is 2.53. The van der Waals surface area contributed by atoms with E-state index in [2.05, 4.69) is 4.98 Å². The van der Waals surface area contributed by atoms with E-state index in [1.54, 1.807) is 6.20 Å². The number of rotatable bonds is 3. The summed E-state index contributed by atoms with van der Waals surface area (Å²) in [5.41, 5.74) is 8.69. The number of aromatic nitrogens is 1. The molecule has 15 heavy (non-hydrogen) atoms. The predicted molar refractivity (Wildman–Crippen MR) is 60.7 cm³/mol. The van der Waals surface area contributed by atoms with Crippen molar-refractivity contribution in [3.05, 3.63) is 47.8 Å². The van der Waals surface area contributed by atoms with Crippen LogP contribution in [-0.2, 0) is 12.8 Å². The van der Waals surface area contributed by atoms with Crippen LogP contribution in [0.2, 0.25) is 0 Å². The molecule has 0 amide bonds. The normalized spacial score (nSPS) is 10.4. The number of nitrogens with two attached hydrogens (primary N) is 1. The first-order valence-corrected chi connectivity index (χ1v) is 4.95. The van der Waals surface area contributed by atoms with Gasteiger partial charge < -0.3 is 15.8 Å². The van der Waals surface area contributed by atoms with Gasteiger partial charge in [-0.2, -0.15) is 0 Å². The van der Waals surface area contributed by atoms with E-state index in [-0.39, 0.29) is 0 Å². The Bertz CT molecular complexity index is 448. The van der Waals surface area contributed by atoms with Gasteiger partial charge in [0.1, 0.15) is 5.75 Å². The number of nitrogen functional groups attached to an aromatic ring is 1. The lowest BCUT2D eigenvalue weighted by Crippen LogP contribution is -1.96. The van der Waals surface area contributed by atoms with E-state index < -0.39 is 0 Å². The highest BCUT2D eigenvalue weighted by Crippen LogP contribution is 2.19. The lowest BCUT2D eigenvalue weighted by Gasteiger charge is -2.04. The van der Waals surface area contributed by atoms with E-state index in [9.17, 15) is 5.11 Å². The molecule has 0 saturated heterocycles. The molecule has 0 atom stereocenters. The van der Waals surface area contributed by atoms with Gasteiger partial charge in [0.2, 0.25) is 0 Å². The molecular formula is C12H14N2O. The van der Waals surface area contributed by atoms with Crippen molar-refractivity contribution in [2.45, 2.75) is 12.8 Å². The van der Waals surface area contributed by atoms with E-state index in [0.717, 1.165) is 29.7 Å². The van der Waals surface area contributed by atoms with E-state index in [1.165, 1.54) is 0 Å². The molecule has 78 valence electrons. The zero-order chi connectivity index (χ0) is 10.7. The Hall–Kier alpha value is -1.90. The summed E-state index contributed by atoms with van der Waals surface area (Å²) in [5, 5.41) is 9.44. The van der Waals surface area contributed by atoms with Crippen molar-refractivity contribution in [3.8, 4) is 5.75 Å². The summed E-state index contributed by atoms with van der Waals surface area (Å²) in [7, 11) is 0. The molecular weight excluding hydrogens is 188 g/mol. The minimum atomic E-state index is 0.324. The summed E-state index contributed by atoms with van der Waals surface area (Å²) in [6.07, 6.45) is 5.04. The van der Waals surface area contributed by atoms with Crippen molar-refractivity contribution < 1.29 is 5.11 Å². The predicted octanol–water partition coefficient (Wildman–Crippen LogP) is 2.09. The molecule has 0 saturated carbocycles. The fraction of sp³-hybridized carbons (Fsp3) is 0.167. The molecule has 0 aliphatic rings. The summed E-state index contributed by atoms with van der Waals surface area (Å²) >= 11 is 0. The highest BCUT2D eigenvalue weighted by atomic mass is 16.3.